The largest absolute Gasteiger partial charge is 0.151 e. The summed E-state index contributed by atoms with van der Waals surface area (Å²) >= 11 is 1.74. The predicted octanol–water partition coefficient (Wildman–Crippen LogP) is 3.28. The van der Waals surface area contributed by atoms with Crippen LogP contribution in [0.25, 0.3) is 0 Å². The van der Waals surface area contributed by atoms with E-state index < -0.39 is 0 Å². The van der Waals surface area contributed by atoms with Crippen LogP contribution in [0, 0.1) is 6.07 Å². The van der Waals surface area contributed by atoms with Gasteiger partial charge in [-0.15, -0.1) is 0 Å². The second-order valence-electron chi connectivity index (χ2n) is 2.50. The smallest absolute Gasteiger partial charge is 0.00115 e. The standard InChI is InChI=1S/C9H13S/c1-2-3-4-5-9-6-7-10-8-9/h7-8H,2-5H2,1H3. The predicted molar refractivity (Wildman–Crippen MR) is 46.4 cm³/mol. The van der Waals surface area contributed by atoms with E-state index in [1.807, 2.05) is 5.38 Å². The van der Waals surface area contributed by atoms with Crippen molar-refractivity contribution in [2.45, 2.75) is 32.6 Å². The number of rotatable bonds is 4. The molecule has 1 heteroatoms. The molecule has 0 bridgehead atoms. The van der Waals surface area contributed by atoms with Crippen LogP contribution < -0.4 is 0 Å². The average molecular weight is 153 g/mol. The van der Waals surface area contributed by atoms with Gasteiger partial charge in [0.15, 0.2) is 0 Å². The lowest BCUT2D eigenvalue weighted by atomic mass is 10.1. The molecule has 0 aromatic carbocycles. The van der Waals surface area contributed by atoms with Crippen LogP contribution in [0.4, 0.5) is 0 Å². The lowest BCUT2D eigenvalue weighted by Crippen LogP contribution is -1.80. The minimum Gasteiger partial charge on any atom is -0.151 e. The first-order chi connectivity index (χ1) is 4.93. The van der Waals surface area contributed by atoms with Crippen LogP contribution in [0.2, 0.25) is 0 Å². The molecule has 1 rings (SSSR count). The molecule has 10 heavy (non-hydrogen) atoms. The summed E-state index contributed by atoms with van der Waals surface area (Å²) in [5, 5.41) is 4.22. The highest BCUT2D eigenvalue weighted by molar-refractivity contribution is 7.07. The molecule has 55 valence electrons. The molecule has 0 aliphatic heterocycles. The maximum Gasteiger partial charge on any atom is -0.00115 e. The van der Waals surface area contributed by atoms with Crippen LogP contribution in [-0.4, -0.2) is 0 Å². The maximum absolute atomic E-state index is 3.21. The molecule has 1 radical (unpaired) electrons. The first kappa shape index (κ1) is 7.80. The Kier molecular flexibility index (Phi) is 3.52. The second kappa shape index (κ2) is 4.51. The Bertz CT molecular complexity index is 153. The van der Waals surface area contributed by atoms with E-state index in [1.165, 1.54) is 31.2 Å². The fraction of sp³-hybridized carbons (Fsp3) is 0.556. The molecular weight excluding hydrogens is 140 g/mol. The molecule has 0 nitrogen and oxygen atoms in total. The van der Waals surface area contributed by atoms with Crippen molar-refractivity contribution < 1.29 is 0 Å². The van der Waals surface area contributed by atoms with Gasteiger partial charge in [-0.05, 0) is 35.2 Å². The van der Waals surface area contributed by atoms with Gasteiger partial charge in [0.2, 0.25) is 0 Å². The van der Waals surface area contributed by atoms with Crippen LogP contribution in [0.1, 0.15) is 31.7 Å². The minimum absolute atomic E-state index is 1.22. The summed E-state index contributed by atoms with van der Waals surface area (Å²) in [6, 6.07) is 3.21. The topological polar surface area (TPSA) is 0 Å². The second-order valence-corrected chi connectivity index (χ2v) is 3.24. The summed E-state index contributed by atoms with van der Waals surface area (Å²) in [6.07, 6.45) is 5.20. The number of aryl methyl sites for hydroxylation is 1. The lowest BCUT2D eigenvalue weighted by molar-refractivity contribution is 0.718. The Morgan fingerprint density at radius 2 is 2.40 bits per heavy atom. The number of hydrogen-bond acceptors (Lipinski definition) is 1. The van der Waals surface area contributed by atoms with E-state index in [-0.39, 0.29) is 0 Å². The number of hydrogen-bond donors (Lipinski definition) is 0. The van der Waals surface area contributed by atoms with E-state index in [4.69, 9.17) is 0 Å². The molecule has 0 spiro atoms. The van der Waals surface area contributed by atoms with E-state index in [0.717, 1.165) is 0 Å². The quantitative estimate of drug-likeness (QED) is 0.582. The van der Waals surface area contributed by atoms with E-state index >= 15 is 0 Å². The van der Waals surface area contributed by atoms with Crippen LogP contribution in [0.3, 0.4) is 0 Å². The third-order valence-corrected chi connectivity index (χ3v) is 2.25. The highest BCUT2D eigenvalue weighted by Crippen LogP contribution is 2.09. The molecule has 0 amide bonds. The van der Waals surface area contributed by atoms with Gasteiger partial charge in [0.05, 0.1) is 0 Å². The van der Waals surface area contributed by atoms with Crippen molar-refractivity contribution in [2.75, 3.05) is 0 Å². The Labute approximate surface area is 66.9 Å². The highest BCUT2D eigenvalue weighted by atomic mass is 32.1. The Morgan fingerprint density at radius 1 is 1.50 bits per heavy atom. The lowest BCUT2D eigenvalue weighted by Gasteiger charge is -1.93. The molecule has 0 saturated heterocycles. The first-order valence-corrected chi connectivity index (χ1v) is 4.80. The first-order valence-electron chi connectivity index (χ1n) is 3.86. The summed E-state index contributed by atoms with van der Waals surface area (Å²) in [4.78, 5) is 0. The molecule has 0 N–H and O–H groups in total. The normalized spacial score (nSPS) is 10.1. The third kappa shape index (κ3) is 2.53. The zero-order valence-electron chi connectivity index (χ0n) is 6.39. The molecule has 1 aromatic rings. The molecule has 0 fully saturated rings. The summed E-state index contributed by atoms with van der Waals surface area (Å²) in [7, 11) is 0. The van der Waals surface area contributed by atoms with Crippen molar-refractivity contribution in [2.24, 2.45) is 0 Å². The van der Waals surface area contributed by atoms with Crippen LogP contribution >= 0.6 is 11.3 Å². The van der Waals surface area contributed by atoms with Gasteiger partial charge in [-0.1, -0.05) is 19.8 Å². The average Bonchev–Trinajstić information content (AvgIpc) is 2.41. The highest BCUT2D eigenvalue weighted by Gasteiger charge is 1.91. The summed E-state index contributed by atoms with van der Waals surface area (Å²) < 4.78 is 0. The molecule has 0 saturated carbocycles. The Morgan fingerprint density at radius 3 is 3.00 bits per heavy atom. The fourth-order valence-corrected chi connectivity index (χ4v) is 1.59. The van der Waals surface area contributed by atoms with Crippen molar-refractivity contribution in [3.63, 3.8) is 0 Å². The molecule has 0 unspecified atom stereocenters. The van der Waals surface area contributed by atoms with Gasteiger partial charge in [0.25, 0.3) is 0 Å². The van der Waals surface area contributed by atoms with Crippen LogP contribution in [-0.2, 0) is 6.42 Å². The van der Waals surface area contributed by atoms with Gasteiger partial charge >= 0.3 is 0 Å². The van der Waals surface area contributed by atoms with Crippen molar-refractivity contribution in [3.05, 3.63) is 22.4 Å². The van der Waals surface area contributed by atoms with E-state index in [1.54, 1.807) is 11.3 Å². The zero-order valence-corrected chi connectivity index (χ0v) is 7.21. The van der Waals surface area contributed by atoms with E-state index in [9.17, 15) is 0 Å². The van der Waals surface area contributed by atoms with Crippen LogP contribution in [0.15, 0.2) is 10.8 Å². The van der Waals surface area contributed by atoms with Gasteiger partial charge in [0.1, 0.15) is 0 Å². The van der Waals surface area contributed by atoms with Gasteiger partial charge in [0, 0.05) is 0 Å². The Balaban J connectivity index is 2.15. The maximum atomic E-state index is 3.21. The minimum atomic E-state index is 1.22. The van der Waals surface area contributed by atoms with Crippen molar-refractivity contribution in [3.8, 4) is 0 Å². The molecule has 0 atom stereocenters. The van der Waals surface area contributed by atoms with E-state index in [0.29, 0.717) is 0 Å². The fourth-order valence-electron chi connectivity index (χ4n) is 0.956. The molecular formula is C9H13S. The zero-order chi connectivity index (χ0) is 7.23. The van der Waals surface area contributed by atoms with E-state index in [2.05, 4.69) is 18.4 Å². The number of unbranched alkanes of at least 4 members (excludes halogenated alkanes) is 2. The summed E-state index contributed by atoms with van der Waals surface area (Å²) in [5.74, 6) is 0. The van der Waals surface area contributed by atoms with Gasteiger partial charge in [-0.2, -0.15) is 11.3 Å². The monoisotopic (exact) mass is 153 g/mol. The summed E-state index contributed by atoms with van der Waals surface area (Å²) in [6.45, 7) is 2.23. The van der Waals surface area contributed by atoms with Crippen LogP contribution in [0.5, 0.6) is 0 Å². The van der Waals surface area contributed by atoms with Gasteiger partial charge < -0.3 is 0 Å². The molecule has 1 heterocycles. The number of thiophene rings is 1. The van der Waals surface area contributed by atoms with Crippen molar-refractivity contribution in [1.29, 1.82) is 0 Å². The van der Waals surface area contributed by atoms with Crippen molar-refractivity contribution >= 4 is 11.3 Å². The Hall–Kier alpha value is -0.300. The van der Waals surface area contributed by atoms with Crippen molar-refractivity contribution in [1.82, 2.24) is 0 Å². The van der Waals surface area contributed by atoms with Gasteiger partial charge in [-0.3, -0.25) is 0 Å². The molecule has 0 aliphatic rings. The molecule has 1 aromatic heterocycles. The molecule has 0 aliphatic carbocycles. The third-order valence-electron chi connectivity index (χ3n) is 1.57. The van der Waals surface area contributed by atoms with Gasteiger partial charge in [-0.25, -0.2) is 0 Å². The SMILES string of the molecule is CCCCCc1[c]csc1. The summed E-state index contributed by atoms with van der Waals surface area (Å²) in [5.41, 5.74) is 1.39.